The summed E-state index contributed by atoms with van der Waals surface area (Å²) in [5.74, 6) is 0. The van der Waals surface area contributed by atoms with E-state index in [0.717, 1.165) is 42.1 Å². The fraction of sp³-hybridized carbons (Fsp3) is 0.217. The van der Waals surface area contributed by atoms with Crippen molar-refractivity contribution >= 4 is 28.2 Å². The lowest BCUT2D eigenvalue weighted by Gasteiger charge is -2.22. The minimum atomic E-state index is -0.0838. The van der Waals surface area contributed by atoms with E-state index in [-0.39, 0.29) is 5.56 Å². The number of nitrogens with zero attached hydrogens (tertiary/aromatic N) is 3. The Kier molecular flexibility index (Phi) is 4.81. The van der Waals surface area contributed by atoms with Crippen LogP contribution in [-0.2, 0) is 19.5 Å². The van der Waals surface area contributed by atoms with Gasteiger partial charge in [0, 0.05) is 60.3 Å². The third kappa shape index (κ3) is 3.60. The van der Waals surface area contributed by atoms with Gasteiger partial charge in [-0.3, -0.25) is 14.3 Å². The molecule has 1 aromatic carbocycles. The second-order valence-electron chi connectivity index (χ2n) is 7.74. The van der Waals surface area contributed by atoms with Crippen molar-refractivity contribution in [3.63, 3.8) is 0 Å². The first-order valence-electron chi connectivity index (χ1n) is 9.96. The summed E-state index contributed by atoms with van der Waals surface area (Å²) in [7, 11) is 2.15. The quantitative estimate of drug-likeness (QED) is 0.525. The zero-order valence-corrected chi connectivity index (χ0v) is 17.4. The molecule has 1 aliphatic rings. The molecule has 0 bridgehead atoms. The third-order valence-electron chi connectivity index (χ3n) is 5.61. The van der Waals surface area contributed by atoms with Crippen LogP contribution in [0.25, 0.3) is 16.6 Å². The van der Waals surface area contributed by atoms with Crippen LogP contribution in [0.3, 0.4) is 0 Å². The van der Waals surface area contributed by atoms with Gasteiger partial charge in [0.2, 0.25) is 0 Å². The number of benzene rings is 1. The van der Waals surface area contributed by atoms with E-state index < -0.39 is 0 Å². The summed E-state index contributed by atoms with van der Waals surface area (Å²) < 4.78 is 1.66. The number of pyridine rings is 2. The molecule has 0 atom stereocenters. The van der Waals surface area contributed by atoms with Crippen LogP contribution in [0, 0.1) is 0 Å². The van der Waals surface area contributed by atoms with E-state index in [9.17, 15) is 4.79 Å². The molecular weight excluding hydrogens is 398 g/mol. The number of hydrogen-bond donors (Lipinski definition) is 2. The first-order valence-corrected chi connectivity index (χ1v) is 10.3. The molecule has 6 nitrogen and oxygen atoms in total. The number of rotatable bonds is 4. The summed E-state index contributed by atoms with van der Waals surface area (Å²) in [5, 5.41) is 5.08. The third-order valence-corrected chi connectivity index (χ3v) is 5.83. The Labute approximate surface area is 179 Å². The van der Waals surface area contributed by atoms with Gasteiger partial charge in [0.05, 0.1) is 22.9 Å². The molecule has 3 aromatic heterocycles. The molecule has 0 saturated carbocycles. The van der Waals surface area contributed by atoms with Gasteiger partial charge in [0.15, 0.2) is 0 Å². The van der Waals surface area contributed by atoms with Crippen molar-refractivity contribution < 1.29 is 0 Å². The molecule has 0 radical (unpaired) electrons. The smallest absolute Gasteiger partial charge is 0.257 e. The maximum Gasteiger partial charge on any atom is 0.257 e. The molecular formula is C23H22ClN5O. The number of fused-ring (bicyclic) bond motifs is 3. The highest BCUT2D eigenvalue weighted by molar-refractivity contribution is 6.30. The van der Waals surface area contributed by atoms with Crippen LogP contribution >= 0.6 is 11.6 Å². The Balaban J connectivity index is 1.39. The summed E-state index contributed by atoms with van der Waals surface area (Å²) in [6, 6.07) is 13.3. The van der Waals surface area contributed by atoms with Crippen molar-refractivity contribution in [2.75, 3.05) is 18.9 Å². The molecule has 0 amide bonds. The molecule has 5 rings (SSSR count). The predicted octanol–water partition coefficient (Wildman–Crippen LogP) is 3.97. The highest BCUT2D eigenvalue weighted by atomic mass is 35.5. The molecule has 30 heavy (non-hydrogen) atoms. The second kappa shape index (κ2) is 7.63. The van der Waals surface area contributed by atoms with Gasteiger partial charge < -0.3 is 15.2 Å². The molecule has 0 saturated heterocycles. The van der Waals surface area contributed by atoms with E-state index in [1.54, 1.807) is 29.1 Å². The minimum Gasteiger partial charge on any atom is -0.379 e. The SMILES string of the molecule is CN1CCc2[nH]c3cc(-n4ccc(NCc5ccc(Cl)cn5)cc4=O)ccc3c2C1. The van der Waals surface area contributed by atoms with Crippen LogP contribution < -0.4 is 10.9 Å². The predicted molar refractivity (Wildman–Crippen MR) is 121 cm³/mol. The highest BCUT2D eigenvalue weighted by Gasteiger charge is 2.18. The number of nitrogens with one attached hydrogen (secondary N) is 2. The molecule has 0 spiro atoms. The maximum atomic E-state index is 12.7. The number of likely N-dealkylation sites (N-methyl/N-ethyl adjacent to an activating group) is 1. The van der Waals surface area contributed by atoms with E-state index in [4.69, 9.17) is 11.6 Å². The largest absolute Gasteiger partial charge is 0.379 e. The summed E-state index contributed by atoms with van der Waals surface area (Å²) in [6.07, 6.45) is 4.44. The number of aromatic amines is 1. The second-order valence-corrected chi connectivity index (χ2v) is 8.18. The van der Waals surface area contributed by atoms with Crippen LogP contribution in [0.2, 0.25) is 5.02 Å². The van der Waals surface area contributed by atoms with Gasteiger partial charge in [0.25, 0.3) is 5.56 Å². The number of aromatic nitrogens is 3. The first kappa shape index (κ1) is 18.9. The molecule has 152 valence electrons. The zero-order chi connectivity index (χ0) is 20.7. The topological polar surface area (TPSA) is 66.0 Å². The van der Waals surface area contributed by atoms with Gasteiger partial charge in [-0.15, -0.1) is 0 Å². The van der Waals surface area contributed by atoms with Crippen LogP contribution in [0.1, 0.15) is 17.0 Å². The summed E-state index contributed by atoms with van der Waals surface area (Å²) in [4.78, 5) is 22.9. The summed E-state index contributed by atoms with van der Waals surface area (Å²) in [5.41, 5.74) is 6.14. The van der Waals surface area contributed by atoms with E-state index in [2.05, 4.69) is 39.4 Å². The minimum absolute atomic E-state index is 0.0838. The summed E-state index contributed by atoms with van der Waals surface area (Å²) in [6.45, 7) is 2.54. The molecule has 4 aromatic rings. The van der Waals surface area contributed by atoms with Crippen molar-refractivity contribution in [1.82, 2.24) is 19.4 Å². The molecule has 7 heteroatoms. The lowest BCUT2D eigenvalue weighted by Crippen LogP contribution is -2.25. The average Bonchev–Trinajstić information content (AvgIpc) is 3.10. The standard InChI is InChI=1S/C23H22ClN5O/c1-28-8-7-21-20(14-28)19-5-4-18(11-22(19)27-21)29-9-6-16(10-23(29)30)26-13-17-3-2-15(24)12-25-17/h2-6,9-12,26-27H,7-8,13-14H2,1H3. The Hall–Kier alpha value is -3.09. The fourth-order valence-electron chi connectivity index (χ4n) is 4.00. The van der Waals surface area contributed by atoms with Crippen LogP contribution in [0.4, 0.5) is 5.69 Å². The molecule has 0 fully saturated rings. The Bertz CT molecular complexity index is 1280. The van der Waals surface area contributed by atoms with Gasteiger partial charge in [-0.25, -0.2) is 0 Å². The number of anilines is 1. The number of halogens is 1. The van der Waals surface area contributed by atoms with Crippen molar-refractivity contribution in [2.45, 2.75) is 19.5 Å². The van der Waals surface area contributed by atoms with Crippen LogP contribution in [0.5, 0.6) is 0 Å². The number of hydrogen-bond acceptors (Lipinski definition) is 4. The van der Waals surface area contributed by atoms with Gasteiger partial charge >= 0.3 is 0 Å². The van der Waals surface area contributed by atoms with Crippen molar-refractivity contribution in [1.29, 1.82) is 0 Å². The van der Waals surface area contributed by atoms with E-state index in [0.29, 0.717) is 11.6 Å². The molecule has 1 aliphatic heterocycles. The molecule has 2 N–H and O–H groups in total. The normalized spacial score (nSPS) is 14.1. The van der Waals surface area contributed by atoms with E-state index in [1.807, 2.05) is 18.2 Å². The van der Waals surface area contributed by atoms with Gasteiger partial charge in [-0.1, -0.05) is 17.7 Å². The van der Waals surface area contributed by atoms with E-state index >= 15 is 0 Å². The Morgan fingerprint density at radius 3 is 2.90 bits per heavy atom. The van der Waals surface area contributed by atoms with Crippen molar-refractivity contribution in [3.05, 3.63) is 87.2 Å². The van der Waals surface area contributed by atoms with Crippen LogP contribution in [-0.4, -0.2) is 33.0 Å². The first-order chi connectivity index (χ1) is 14.6. The average molecular weight is 420 g/mol. The van der Waals surface area contributed by atoms with Crippen molar-refractivity contribution in [3.8, 4) is 5.69 Å². The van der Waals surface area contributed by atoms with Gasteiger partial charge in [-0.05, 0) is 42.9 Å². The Morgan fingerprint density at radius 2 is 2.10 bits per heavy atom. The lowest BCUT2D eigenvalue weighted by molar-refractivity contribution is 0.313. The molecule has 4 heterocycles. The molecule has 0 unspecified atom stereocenters. The molecule has 0 aliphatic carbocycles. The number of H-pyrrole nitrogens is 1. The summed E-state index contributed by atoms with van der Waals surface area (Å²) >= 11 is 5.87. The lowest BCUT2D eigenvalue weighted by atomic mass is 10.0. The van der Waals surface area contributed by atoms with Crippen LogP contribution in [0.15, 0.2) is 59.7 Å². The van der Waals surface area contributed by atoms with Crippen molar-refractivity contribution in [2.24, 2.45) is 0 Å². The fourth-order valence-corrected chi connectivity index (χ4v) is 4.11. The maximum absolute atomic E-state index is 12.7. The zero-order valence-electron chi connectivity index (χ0n) is 16.7. The van der Waals surface area contributed by atoms with Gasteiger partial charge in [0.1, 0.15) is 0 Å². The van der Waals surface area contributed by atoms with E-state index in [1.165, 1.54) is 16.6 Å². The van der Waals surface area contributed by atoms with Gasteiger partial charge in [-0.2, -0.15) is 0 Å². The Morgan fingerprint density at radius 1 is 1.20 bits per heavy atom. The highest BCUT2D eigenvalue weighted by Crippen LogP contribution is 2.28. The monoisotopic (exact) mass is 419 g/mol.